The normalized spacial score (nSPS) is 16.4. The minimum absolute atomic E-state index is 0.117. The summed E-state index contributed by atoms with van der Waals surface area (Å²) >= 11 is 3.44. The van der Waals surface area contributed by atoms with Gasteiger partial charge in [-0.05, 0) is 46.6 Å². The summed E-state index contributed by atoms with van der Waals surface area (Å²) in [5.41, 5.74) is 4.25. The van der Waals surface area contributed by atoms with E-state index in [0.717, 1.165) is 34.6 Å². The zero-order valence-corrected chi connectivity index (χ0v) is 14.4. The monoisotopic (exact) mass is 369 g/mol. The first-order chi connectivity index (χ1) is 10.6. The van der Waals surface area contributed by atoms with Crippen LogP contribution in [-0.2, 0) is 9.53 Å². The number of hydrogen-bond donors (Lipinski definition) is 1. The van der Waals surface area contributed by atoms with E-state index < -0.39 is 0 Å². The van der Waals surface area contributed by atoms with Gasteiger partial charge in [-0.15, -0.1) is 0 Å². The van der Waals surface area contributed by atoms with Crippen molar-refractivity contribution in [3.05, 3.63) is 28.2 Å². The number of amides is 1. The lowest BCUT2D eigenvalue weighted by Crippen LogP contribution is -2.42. The van der Waals surface area contributed by atoms with E-state index in [1.807, 2.05) is 30.0 Å². The summed E-state index contributed by atoms with van der Waals surface area (Å²) in [5.74, 6) is 0.640. The highest BCUT2D eigenvalue weighted by Crippen LogP contribution is 2.25. The number of morpholine rings is 1. The average molecular weight is 370 g/mol. The maximum Gasteiger partial charge on any atom is 0.254 e. The van der Waals surface area contributed by atoms with E-state index in [9.17, 15) is 4.79 Å². The van der Waals surface area contributed by atoms with Gasteiger partial charge in [0.05, 0.1) is 37.1 Å². The molecule has 1 aromatic carbocycles. The van der Waals surface area contributed by atoms with E-state index in [0.29, 0.717) is 19.8 Å². The second-order valence-corrected chi connectivity index (χ2v) is 5.82. The molecule has 7 heteroatoms. The minimum atomic E-state index is -0.117. The second kappa shape index (κ2) is 8.26. The van der Waals surface area contributed by atoms with E-state index in [4.69, 9.17) is 9.47 Å². The summed E-state index contributed by atoms with van der Waals surface area (Å²) in [4.78, 5) is 13.9. The van der Waals surface area contributed by atoms with Crippen molar-refractivity contribution >= 4 is 27.5 Å². The number of benzene rings is 1. The van der Waals surface area contributed by atoms with Crippen molar-refractivity contribution in [2.24, 2.45) is 5.10 Å². The molecule has 0 radical (unpaired) electrons. The van der Waals surface area contributed by atoms with Gasteiger partial charge in [-0.25, -0.2) is 5.43 Å². The molecule has 0 spiro atoms. The molecule has 1 aliphatic heterocycles. The predicted octanol–water partition coefficient (Wildman–Crippen LogP) is 1.63. The van der Waals surface area contributed by atoms with Gasteiger partial charge in [0.2, 0.25) is 0 Å². The van der Waals surface area contributed by atoms with Crippen LogP contribution in [0.2, 0.25) is 0 Å². The zero-order valence-electron chi connectivity index (χ0n) is 12.8. The van der Waals surface area contributed by atoms with Crippen LogP contribution >= 0.6 is 15.9 Å². The lowest BCUT2D eigenvalue weighted by molar-refractivity contribution is -0.123. The number of hydrogen-bond acceptors (Lipinski definition) is 5. The Balaban J connectivity index is 1.91. The Bertz CT molecular complexity index is 557. The van der Waals surface area contributed by atoms with Gasteiger partial charge < -0.3 is 9.47 Å². The highest BCUT2D eigenvalue weighted by atomic mass is 79.9. The number of nitrogens with one attached hydrogen (secondary N) is 1. The van der Waals surface area contributed by atoms with Crippen LogP contribution in [0.15, 0.2) is 27.8 Å². The first-order valence-electron chi connectivity index (χ1n) is 7.07. The van der Waals surface area contributed by atoms with Crippen molar-refractivity contribution < 1.29 is 14.3 Å². The highest BCUT2D eigenvalue weighted by Gasteiger charge is 2.13. The Labute approximate surface area is 138 Å². The van der Waals surface area contributed by atoms with Crippen LogP contribution in [-0.4, -0.2) is 56.5 Å². The quantitative estimate of drug-likeness (QED) is 0.632. The average Bonchev–Trinajstić information content (AvgIpc) is 2.53. The topological polar surface area (TPSA) is 63.2 Å². The van der Waals surface area contributed by atoms with E-state index in [-0.39, 0.29) is 5.91 Å². The van der Waals surface area contributed by atoms with Crippen molar-refractivity contribution in [2.75, 3.05) is 40.0 Å². The largest absolute Gasteiger partial charge is 0.496 e. The molecular formula is C15H20BrN3O3. The van der Waals surface area contributed by atoms with Crippen LogP contribution in [0, 0.1) is 0 Å². The van der Waals surface area contributed by atoms with Gasteiger partial charge in [-0.1, -0.05) is 0 Å². The molecule has 0 aliphatic carbocycles. The molecule has 0 bridgehead atoms. The summed E-state index contributed by atoms with van der Waals surface area (Å²) < 4.78 is 11.3. The smallest absolute Gasteiger partial charge is 0.254 e. The lowest BCUT2D eigenvalue weighted by Gasteiger charge is -2.25. The molecule has 2 rings (SSSR count). The SMILES string of the molecule is COc1ccc(/C(C)=N/NC(=O)CN2CCOCC2)cc1Br. The molecule has 1 aliphatic rings. The van der Waals surface area contributed by atoms with Crippen molar-refractivity contribution in [3.63, 3.8) is 0 Å². The zero-order chi connectivity index (χ0) is 15.9. The summed E-state index contributed by atoms with van der Waals surface area (Å²) in [5, 5.41) is 4.15. The van der Waals surface area contributed by atoms with E-state index in [1.54, 1.807) is 7.11 Å². The third kappa shape index (κ3) is 4.79. The predicted molar refractivity (Wildman–Crippen MR) is 88.3 cm³/mol. The fourth-order valence-corrected chi connectivity index (χ4v) is 2.64. The van der Waals surface area contributed by atoms with Crippen molar-refractivity contribution in [1.29, 1.82) is 0 Å². The van der Waals surface area contributed by atoms with Gasteiger partial charge in [-0.3, -0.25) is 9.69 Å². The minimum Gasteiger partial charge on any atom is -0.496 e. The molecule has 1 heterocycles. The molecule has 1 fully saturated rings. The maximum absolute atomic E-state index is 11.9. The Morgan fingerprint density at radius 2 is 2.18 bits per heavy atom. The van der Waals surface area contributed by atoms with Crippen molar-refractivity contribution in [2.45, 2.75) is 6.92 Å². The molecule has 0 atom stereocenters. The number of rotatable bonds is 5. The highest BCUT2D eigenvalue weighted by molar-refractivity contribution is 9.10. The summed E-state index contributed by atoms with van der Waals surface area (Å²) in [6.45, 7) is 5.10. The van der Waals surface area contributed by atoms with E-state index in [2.05, 4.69) is 26.5 Å². The van der Waals surface area contributed by atoms with Crippen LogP contribution in [0.3, 0.4) is 0 Å². The molecule has 0 saturated carbocycles. The standard InChI is InChI=1S/C15H20BrN3O3/c1-11(12-3-4-14(21-2)13(16)9-12)17-18-15(20)10-19-5-7-22-8-6-19/h3-4,9H,5-8,10H2,1-2H3,(H,18,20)/b17-11+. The van der Waals surface area contributed by atoms with Gasteiger partial charge in [-0.2, -0.15) is 5.10 Å². The Hall–Kier alpha value is -1.44. The Morgan fingerprint density at radius 1 is 1.45 bits per heavy atom. The molecule has 120 valence electrons. The molecular weight excluding hydrogens is 350 g/mol. The molecule has 1 saturated heterocycles. The molecule has 0 aromatic heterocycles. The first kappa shape index (κ1) is 16.9. The Morgan fingerprint density at radius 3 is 2.82 bits per heavy atom. The van der Waals surface area contributed by atoms with Gasteiger partial charge in [0.1, 0.15) is 5.75 Å². The molecule has 0 unspecified atom stereocenters. The van der Waals surface area contributed by atoms with Crippen LogP contribution in [0.1, 0.15) is 12.5 Å². The first-order valence-corrected chi connectivity index (χ1v) is 7.86. The number of carbonyl (C=O) groups is 1. The van der Waals surface area contributed by atoms with Crippen LogP contribution in [0.5, 0.6) is 5.75 Å². The molecule has 22 heavy (non-hydrogen) atoms. The molecule has 1 amide bonds. The fraction of sp³-hybridized carbons (Fsp3) is 0.467. The van der Waals surface area contributed by atoms with Crippen molar-refractivity contribution in [3.8, 4) is 5.75 Å². The van der Waals surface area contributed by atoms with E-state index >= 15 is 0 Å². The third-order valence-electron chi connectivity index (χ3n) is 3.39. The molecule has 1 N–H and O–H groups in total. The van der Waals surface area contributed by atoms with Crippen LogP contribution in [0.25, 0.3) is 0 Å². The van der Waals surface area contributed by atoms with Crippen LogP contribution in [0.4, 0.5) is 0 Å². The number of halogens is 1. The summed E-state index contributed by atoms with van der Waals surface area (Å²) in [6, 6.07) is 5.66. The number of methoxy groups -OCH3 is 1. The van der Waals surface area contributed by atoms with Gasteiger partial charge in [0, 0.05) is 13.1 Å². The van der Waals surface area contributed by atoms with E-state index in [1.165, 1.54) is 0 Å². The molecule has 6 nitrogen and oxygen atoms in total. The number of ether oxygens (including phenoxy) is 2. The second-order valence-electron chi connectivity index (χ2n) is 4.97. The number of hydrazone groups is 1. The third-order valence-corrected chi connectivity index (χ3v) is 4.01. The summed E-state index contributed by atoms with van der Waals surface area (Å²) in [7, 11) is 1.62. The summed E-state index contributed by atoms with van der Waals surface area (Å²) in [6.07, 6.45) is 0. The van der Waals surface area contributed by atoms with Gasteiger partial charge in [0.25, 0.3) is 5.91 Å². The van der Waals surface area contributed by atoms with Gasteiger partial charge in [0.15, 0.2) is 0 Å². The lowest BCUT2D eigenvalue weighted by atomic mass is 10.1. The van der Waals surface area contributed by atoms with Crippen LogP contribution < -0.4 is 10.2 Å². The maximum atomic E-state index is 11.9. The number of nitrogens with zero attached hydrogens (tertiary/aromatic N) is 2. The number of carbonyl (C=O) groups excluding carboxylic acids is 1. The molecule has 1 aromatic rings. The Kier molecular flexibility index (Phi) is 6.35. The van der Waals surface area contributed by atoms with Gasteiger partial charge >= 0.3 is 0 Å². The fourth-order valence-electron chi connectivity index (χ4n) is 2.10. The van der Waals surface area contributed by atoms with Crippen molar-refractivity contribution in [1.82, 2.24) is 10.3 Å².